The molecule has 0 aliphatic carbocycles. The van der Waals surface area contributed by atoms with Gasteiger partial charge in [0.2, 0.25) is 0 Å². The Morgan fingerprint density at radius 1 is 1.06 bits per heavy atom. The quantitative estimate of drug-likeness (QED) is 0.766. The summed E-state index contributed by atoms with van der Waals surface area (Å²) in [7, 11) is 0. The van der Waals surface area contributed by atoms with Crippen LogP contribution in [0.4, 0.5) is 5.69 Å². The summed E-state index contributed by atoms with van der Waals surface area (Å²) in [6.45, 7) is 3.98. The summed E-state index contributed by atoms with van der Waals surface area (Å²) in [5, 5.41) is 12.8. The molecule has 2 bridgehead atoms. The van der Waals surface area contributed by atoms with Crippen LogP contribution in [0.15, 0.2) is 42.5 Å². The molecule has 3 saturated heterocycles. The van der Waals surface area contributed by atoms with E-state index >= 15 is 0 Å². The fourth-order valence-corrected chi connectivity index (χ4v) is 5.51. The van der Waals surface area contributed by atoms with Crippen LogP contribution in [0, 0.1) is 11.3 Å². The number of amides is 1. The summed E-state index contributed by atoms with van der Waals surface area (Å²) in [5.74, 6) is 0.811. The Kier molecular flexibility index (Phi) is 5.95. The first-order valence-electron chi connectivity index (χ1n) is 11.4. The van der Waals surface area contributed by atoms with Crippen LogP contribution in [0.2, 0.25) is 5.02 Å². The molecule has 7 heteroatoms. The maximum atomic E-state index is 13.3. The Morgan fingerprint density at radius 3 is 2.38 bits per heavy atom. The predicted octanol–water partition coefficient (Wildman–Crippen LogP) is 3.84. The number of anilines is 1. The summed E-state index contributed by atoms with van der Waals surface area (Å²) in [4.78, 5) is 17.8. The number of halogens is 1. The van der Waals surface area contributed by atoms with Crippen molar-refractivity contribution in [2.24, 2.45) is 0 Å². The third-order valence-electron chi connectivity index (χ3n) is 6.88. The molecule has 2 aromatic rings. The number of hydrogen-bond donors (Lipinski definition) is 1. The molecule has 0 radical (unpaired) electrons. The Labute approximate surface area is 193 Å². The van der Waals surface area contributed by atoms with Gasteiger partial charge in [0.05, 0.1) is 10.6 Å². The lowest BCUT2D eigenvalue weighted by atomic mass is 9.98. The van der Waals surface area contributed by atoms with Gasteiger partial charge in [-0.1, -0.05) is 11.6 Å². The molecule has 32 heavy (non-hydrogen) atoms. The van der Waals surface area contributed by atoms with Gasteiger partial charge in [-0.3, -0.25) is 4.79 Å². The minimum Gasteiger partial charge on any atom is -0.490 e. The molecule has 3 aliphatic rings. The average Bonchev–Trinajstić information content (AvgIpc) is 3.09. The number of nitriles is 1. The largest absolute Gasteiger partial charge is 0.490 e. The molecule has 2 unspecified atom stereocenters. The summed E-state index contributed by atoms with van der Waals surface area (Å²) in [6, 6.07) is 15.8. The second-order valence-corrected chi connectivity index (χ2v) is 9.25. The van der Waals surface area contributed by atoms with Crippen molar-refractivity contribution in [2.45, 2.75) is 43.9 Å². The maximum absolute atomic E-state index is 13.3. The van der Waals surface area contributed by atoms with Gasteiger partial charge in [0.25, 0.3) is 5.91 Å². The fourth-order valence-electron chi connectivity index (χ4n) is 5.29. The number of ether oxygens (including phenoxy) is 1. The first kappa shape index (κ1) is 21.1. The smallest absolute Gasteiger partial charge is 0.254 e. The van der Waals surface area contributed by atoms with E-state index in [1.165, 1.54) is 5.69 Å². The van der Waals surface area contributed by atoms with E-state index in [0.717, 1.165) is 57.4 Å². The van der Waals surface area contributed by atoms with Gasteiger partial charge in [0, 0.05) is 68.4 Å². The number of nitrogens with zero attached hydrogens (tertiary/aromatic N) is 3. The number of nitrogens with one attached hydrogen (secondary N) is 1. The Hall–Kier alpha value is -2.75. The van der Waals surface area contributed by atoms with Gasteiger partial charge in [-0.05, 0) is 49.2 Å². The van der Waals surface area contributed by atoms with E-state index in [1.807, 2.05) is 12.1 Å². The van der Waals surface area contributed by atoms with Crippen molar-refractivity contribution in [2.75, 3.05) is 31.1 Å². The number of carbonyl (C=O) groups excluding carboxylic acids is 1. The predicted molar refractivity (Wildman–Crippen MR) is 124 cm³/mol. The first-order chi connectivity index (χ1) is 15.6. The number of fused-ring (bicyclic) bond motifs is 2. The molecule has 3 heterocycles. The van der Waals surface area contributed by atoms with Crippen LogP contribution in [-0.4, -0.2) is 55.2 Å². The van der Waals surface area contributed by atoms with Gasteiger partial charge in [0.15, 0.2) is 0 Å². The summed E-state index contributed by atoms with van der Waals surface area (Å²) in [6.07, 6.45) is 3.72. The number of piperidine rings is 1. The van der Waals surface area contributed by atoms with Crippen molar-refractivity contribution < 1.29 is 9.53 Å². The van der Waals surface area contributed by atoms with Gasteiger partial charge < -0.3 is 19.9 Å². The fraction of sp³-hybridized carbons (Fsp3) is 0.440. The van der Waals surface area contributed by atoms with Crippen molar-refractivity contribution in [3.05, 3.63) is 58.6 Å². The molecule has 6 nitrogen and oxygen atoms in total. The van der Waals surface area contributed by atoms with Crippen molar-refractivity contribution in [3.8, 4) is 11.8 Å². The molecule has 2 aromatic carbocycles. The highest BCUT2D eigenvalue weighted by Crippen LogP contribution is 2.38. The highest BCUT2D eigenvalue weighted by atomic mass is 35.5. The van der Waals surface area contributed by atoms with Crippen LogP contribution in [0.1, 0.15) is 41.6 Å². The van der Waals surface area contributed by atoms with Crippen molar-refractivity contribution in [3.63, 3.8) is 0 Å². The lowest BCUT2D eigenvalue weighted by Gasteiger charge is -2.39. The Morgan fingerprint density at radius 2 is 1.75 bits per heavy atom. The van der Waals surface area contributed by atoms with Crippen LogP contribution in [0.5, 0.6) is 5.75 Å². The Balaban J connectivity index is 1.24. The molecule has 1 amide bonds. The zero-order chi connectivity index (χ0) is 22.1. The van der Waals surface area contributed by atoms with E-state index < -0.39 is 0 Å². The summed E-state index contributed by atoms with van der Waals surface area (Å²) in [5.41, 5.74) is 2.39. The normalized spacial score (nSPS) is 24.8. The second-order valence-electron chi connectivity index (χ2n) is 8.85. The van der Waals surface area contributed by atoms with Gasteiger partial charge in [0.1, 0.15) is 17.9 Å². The third-order valence-corrected chi connectivity index (χ3v) is 7.20. The molecule has 5 rings (SSSR count). The molecular formula is C25H27ClN4O2. The highest BCUT2D eigenvalue weighted by Gasteiger charge is 2.44. The highest BCUT2D eigenvalue weighted by molar-refractivity contribution is 6.31. The van der Waals surface area contributed by atoms with Crippen molar-refractivity contribution >= 4 is 23.2 Å². The second kappa shape index (κ2) is 9.01. The molecule has 166 valence electrons. The van der Waals surface area contributed by atoms with Crippen LogP contribution in [0.3, 0.4) is 0 Å². The van der Waals surface area contributed by atoms with E-state index in [2.05, 4.69) is 33.3 Å². The molecule has 0 saturated carbocycles. The molecule has 1 N–H and O–H groups in total. The van der Waals surface area contributed by atoms with E-state index in [0.29, 0.717) is 16.3 Å². The molecule has 0 spiro atoms. The zero-order valence-electron chi connectivity index (χ0n) is 18.0. The SMILES string of the molecule is N#Cc1ccc(OC2CC3CCC(C2)N3C(=O)c2ccc(N3CCNCC3)cc2)cc1Cl. The lowest BCUT2D eigenvalue weighted by molar-refractivity contribution is 0.0359. The number of benzene rings is 2. The third kappa shape index (κ3) is 4.15. The topological polar surface area (TPSA) is 68.6 Å². The van der Waals surface area contributed by atoms with E-state index in [9.17, 15) is 4.79 Å². The van der Waals surface area contributed by atoms with Gasteiger partial charge in [-0.2, -0.15) is 5.26 Å². The van der Waals surface area contributed by atoms with E-state index in [4.69, 9.17) is 21.6 Å². The van der Waals surface area contributed by atoms with Crippen molar-refractivity contribution in [1.82, 2.24) is 10.2 Å². The zero-order valence-corrected chi connectivity index (χ0v) is 18.7. The van der Waals surface area contributed by atoms with Crippen LogP contribution in [-0.2, 0) is 0 Å². The molecule has 3 aliphatic heterocycles. The van der Waals surface area contributed by atoms with Gasteiger partial charge in [-0.25, -0.2) is 0 Å². The number of piperazine rings is 1. The number of rotatable bonds is 4. The monoisotopic (exact) mass is 450 g/mol. The first-order valence-corrected chi connectivity index (χ1v) is 11.7. The van der Waals surface area contributed by atoms with E-state index in [-0.39, 0.29) is 24.1 Å². The van der Waals surface area contributed by atoms with Gasteiger partial charge >= 0.3 is 0 Å². The summed E-state index contributed by atoms with van der Waals surface area (Å²) >= 11 is 6.15. The van der Waals surface area contributed by atoms with Crippen LogP contribution >= 0.6 is 11.6 Å². The lowest BCUT2D eigenvalue weighted by Crippen LogP contribution is -2.49. The van der Waals surface area contributed by atoms with Gasteiger partial charge in [-0.15, -0.1) is 0 Å². The summed E-state index contributed by atoms with van der Waals surface area (Å²) < 4.78 is 6.19. The minimum absolute atomic E-state index is 0.0515. The average molecular weight is 451 g/mol. The van der Waals surface area contributed by atoms with E-state index in [1.54, 1.807) is 18.2 Å². The molecule has 2 atom stereocenters. The molecule has 3 fully saturated rings. The molecular weight excluding hydrogens is 424 g/mol. The molecule has 0 aromatic heterocycles. The minimum atomic E-state index is 0.0515. The Bertz CT molecular complexity index is 1020. The van der Waals surface area contributed by atoms with Crippen LogP contribution in [0.25, 0.3) is 0 Å². The maximum Gasteiger partial charge on any atom is 0.254 e. The van der Waals surface area contributed by atoms with Crippen molar-refractivity contribution in [1.29, 1.82) is 5.26 Å². The standard InChI is InChI=1S/C25H27ClN4O2/c26-24-15-22(8-3-18(24)16-27)32-23-13-20-6-7-21(14-23)30(20)25(31)17-1-4-19(5-2-17)29-11-9-28-10-12-29/h1-5,8,15,20-21,23,28H,6-7,9-14H2. The number of carbonyl (C=O) groups is 1. The number of hydrogen-bond acceptors (Lipinski definition) is 5. The van der Waals surface area contributed by atoms with Crippen LogP contribution < -0.4 is 15.0 Å².